The molecule has 0 aromatic carbocycles. The maximum absolute atomic E-state index is 5.10. The van der Waals surface area contributed by atoms with Gasteiger partial charge in [-0.05, 0) is 37.7 Å². The minimum absolute atomic E-state index is 0.750. The van der Waals surface area contributed by atoms with Gasteiger partial charge in [0, 0.05) is 10.8 Å². The standard InChI is InChI=1S/C21H31NS2/c1-3-7-11-16(12-8-4-1)18-15-19-21(23-18)22-20(24-19)17-13-9-5-2-6-10-14-17/h15-17H,1-14H2. The van der Waals surface area contributed by atoms with E-state index in [1.54, 1.807) is 4.88 Å². The molecule has 2 aliphatic carbocycles. The van der Waals surface area contributed by atoms with Crippen molar-refractivity contribution < 1.29 is 0 Å². The van der Waals surface area contributed by atoms with Crippen LogP contribution in [0.2, 0.25) is 0 Å². The first-order valence-corrected chi connectivity index (χ1v) is 11.9. The second-order valence-electron chi connectivity index (χ2n) is 7.95. The van der Waals surface area contributed by atoms with Gasteiger partial charge in [-0.15, -0.1) is 22.7 Å². The molecule has 24 heavy (non-hydrogen) atoms. The molecule has 0 N–H and O–H groups in total. The van der Waals surface area contributed by atoms with Crippen molar-refractivity contribution in [2.45, 2.75) is 102 Å². The molecule has 132 valence electrons. The van der Waals surface area contributed by atoms with Crippen molar-refractivity contribution >= 4 is 32.2 Å². The monoisotopic (exact) mass is 361 g/mol. The van der Waals surface area contributed by atoms with E-state index < -0.39 is 0 Å². The fourth-order valence-corrected chi connectivity index (χ4v) is 7.16. The van der Waals surface area contributed by atoms with Crippen LogP contribution in [0.25, 0.3) is 9.53 Å². The number of hydrogen-bond donors (Lipinski definition) is 0. The highest BCUT2D eigenvalue weighted by Crippen LogP contribution is 2.42. The van der Waals surface area contributed by atoms with E-state index >= 15 is 0 Å². The average molecular weight is 362 g/mol. The third-order valence-corrected chi connectivity index (χ3v) is 8.57. The van der Waals surface area contributed by atoms with Crippen LogP contribution < -0.4 is 0 Å². The fraction of sp³-hybridized carbons (Fsp3) is 0.762. The highest BCUT2D eigenvalue weighted by atomic mass is 32.1. The zero-order chi connectivity index (χ0) is 16.2. The van der Waals surface area contributed by atoms with Crippen molar-refractivity contribution in [3.05, 3.63) is 16.0 Å². The quantitative estimate of drug-likeness (QED) is 0.527. The molecule has 2 aromatic heterocycles. The highest BCUT2D eigenvalue weighted by Gasteiger charge is 2.21. The summed E-state index contributed by atoms with van der Waals surface area (Å²) >= 11 is 4.03. The van der Waals surface area contributed by atoms with Crippen LogP contribution >= 0.6 is 22.7 Å². The molecule has 0 saturated heterocycles. The van der Waals surface area contributed by atoms with Crippen LogP contribution in [0.15, 0.2) is 6.07 Å². The lowest BCUT2D eigenvalue weighted by Gasteiger charge is -2.18. The minimum Gasteiger partial charge on any atom is -0.230 e. The first-order chi connectivity index (χ1) is 11.9. The molecule has 0 bridgehead atoms. The van der Waals surface area contributed by atoms with Crippen molar-refractivity contribution in [3.8, 4) is 0 Å². The van der Waals surface area contributed by atoms with Crippen molar-refractivity contribution in [1.82, 2.24) is 4.98 Å². The van der Waals surface area contributed by atoms with E-state index in [4.69, 9.17) is 4.98 Å². The van der Waals surface area contributed by atoms with Crippen molar-refractivity contribution in [3.63, 3.8) is 0 Å². The van der Waals surface area contributed by atoms with E-state index in [0.29, 0.717) is 0 Å². The number of aromatic nitrogens is 1. The van der Waals surface area contributed by atoms with Gasteiger partial charge in [-0.25, -0.2) is 4.98 Å². The summed E-state index contributed by atoms with van der Waals surface area (Å²) in [5, 5.41) is 1.45. The van der Waals surface area contributed by atoms with Gasteiger partial charge in [0.05, 0.1) is 9.71 Å². The summed E-state index contributed by atoms with van der Waals surface area (Å²) < 4.78 is 1.48. The largest absolute Gasteiger partial charge is 0.230 e. The Hall–Kier alpha value is -0.410. The van der Waals surface area contributed by atoms with Crippen molar-refractivity contribution in [2.75, 3.05) is 0 Å². The van der Waals surface area contributed by atoms with Crippen molar-refractivity contribution in [1.29, 1.82) is 0 Å². The molecule has 0 amide bonds. The van der Waals surface area contributed by atoms with Gasteiger partial charge in [-0.3, -0.25) is 0 Å². The summed E-state index contributed by atoms with van der Waals surface area (Å²) in [7, 11) is 0. The van der Waals surface area contributed by atoms with Crippen LogP contribution in [0.4, 0.5) is 0 Å². The molecular formula is C21H31NS2. The first-order valence-electron chi connectivity index (χ1n) is 10.3. The van der Waals surface area contributed by atoms with Crippen LogP contribution in [-0.4, -0.2) is 4.98 Å². The van der Waals surface area contributed by atoms with Gasteiger partial charge in [0.25, 0.3) is 0 Å². The maximum Gasteiger partial charge on any atom is 0.134 e. The van der Waals surface area contributed by atoms with E-state index in [1.807, 2.05) is 22.7 Å². The first kappa shape index (κ1) is 17.0. The van der Waals surface area contributed by atoms with Gasteiger partial charge in [0.2, 0.25) is 0 Å². The number of fused-ring (bicyclic) bond motifs is 1. The van der Waals surface area contributed by atoms with Crippen LogP contribution in [-0.2, 0) is 0 Å². The summed E-state index contributed by atoms with van der Waals surface area (Å²) in [5.41, 5.74) is 0. The lowest BCUT2D eigenvalue weighted by atomic mass is 9.90. The molecule has 0 spiro atoms. The zero-order valence-corrected chi connectivity index (χ0v) is 16.5. The predicted octanol–water partition coefficient (Wildman–Crippen LogP) is 8.01. The summed E-state index contributed by atoms with van der Waals surface area (Å²) in [6.07, 6.45) is 19.9. The molecule has 3 heteroatoms. The topological polar surface area (TPSA) is 12.9 Å². The SMILES string of the molecule is c1c(C2CCCCCCC2)sc2nc(C3CCCCCCC3)sc12. The molecule has 2 fully saturated rings. The Bertz CT molecular complexity index is 542. The lowest BCUT2D eigenvalue weighted by molar-refractivity contribution is 0.455. The molecule has 2 aliphatic rings. The molecule has 0 unspecified atom stereocenters. The molecule has 0 radical (unpaired) electrons. The van der Waals surface area contributed by atoms with Crippen LogP contribution in [0.5, 0.6) is 0 Å². The molecule has 1 nitrogen and oxygen atoms in total. The van der Waals surface area contributed by atoms with Crippen LogP contribution in [0, 0.1) is 0 Å². The van der Waals surface area contributed by atoms with Crippen LogP contribution in [0.1, 0.15) is 112 Å². The van der Waals surface area contributed by atoms with Gasteiger partial charge in [-0.1, -0.05) is 64.2 Å². The Morgan fingerprint density at radius 1 is 0.667 bits per heavy atom. The summed E-state index contributed by atoms with van der Waals surface area (Å²) in [6, 6.07) is 2.51. The molecular weight excluding hydrogens is 330 g/mol. The number of thiophene rings is 1. The average Bonchev–Trinajstić information content (AvgIpc) is 3.05. The van der Waals surface area contributed by atoms with Gasteiger partial charge in [0.1, 0.15) is 4.83 Å². The second kappa shape index (κ2) is 8.31. The summed E-state index contributed by atoms with van der Waals surface area (Å²) in [5.74, 6) is 1.57. The van der Waals surface area contributed by atoms with Crippen LogP contribution in [0.3, 0.4) is 0 Å². The van der Waals surface area contributed by atoms with E-state index in [1.165, 1.54) is 104 Å². The number of thiazole rings is 1. The number of hydrogen-bond acceptors (Lipinski definition) is 3. The minimum atomic E-state index is 0.750. The third kappa shape index (κ3) is 4.04. The molecule has 0 aliphatic heterocycles. The van der Waals surface area contributed by atoms with E-state index in [2.05, 4.69) is 6.07 Å². The molecule has 2 heterocycles. The zero-order valence-electron chi connectivity index (χ0n) is 14.9. The Morgan fingerprint density at radius 2 is 1.21 bits per heavy atom. The van der Waals surface area contributed by atoms with Gasteiger partial charge >= 0.3 is 0 Å². The Labute approximate surface area is 154 Å². The second-order valence-corrected chi connectivity index (χ2v) is 10.1. The van der Waals surface area contributed by atoms with Gasteiger partial charge < -0.3 is 0 Å². The Balaban J connectivity index is 1.49. The normalized spacial score (nSPS) is 22.8. The smallest absolute Gasteiger partial charge is 0.134 e. The molecule has 2 aromatic rings. The van der Waals surface area contributed by atoms with E-state index in [9.17, 15) is 0 Å². The summed E-state index contributed by atoms with van der Waals surface area (Å²) in [6.45, 7) is 0. The highest BCUT2D eigenvalue weighted by molar-refractivity contribution is 7.27. The lowest BCUT2D eigenvalue weighted by Crippen LogP contribution is -2.01. The third-order valence-electron chi connectivity index (χ3n) is 6.09. The maximum atomic E-state index is 5.10. The summed E-state index contributed by atoms with van der Waals surface area (Å²) in [4.78, 5) is 8.08. The fourth-order valence-electron chi connectivity index (χ4n) is 4.59. The Morgan fingerprint density at radius 3 is 1.79 bits per heavy atom. The Kier molecular flexibility index (Phi) is 5.90. The molecule has 4 rings (SSSR count). The molecule has 0 atom stereocenters. The van der Waals surface area contributed by atoms with Gasteiger partial charge in [0.15, 0.2) is 0 Å². The van der Waals surface area contributed by atoms with Gasteiger partial charge in [-0.2, -0.15) is 0 Å². The molecule has 2 saturated carbocycles. The van der Waals surface area contributed by atoms with Crippen molar-refractivity contribution in [2.24, 2.45) is 0 Å². The number of nitrogens with zero attached hydrogens (tertiary/aromatic N) is 1. The van der Waals surface area contributed by atoms with E-state index in [-0.39, 0.29) is 0 Å². The van der Waals surface area contributed by atoms with E-state index in [0.717, 1.165) is 11.8 Å². The number of rotatable bonds is 2. The predicted molar refractivity (Wildman–Crippen MR) is 108 cm³/mol.